The second kappa shape index (κ2) is 12.3. The van der Waals surface area contributed by atoms with Gasteiger partial charge in [0.25, 0.3) is 5.91 Å². The molecular weight excluding hydrogens is 467 g/mol. The molecule has 10 heteroatoms. The van der Waals surface area contributed by atoms with Gasteiger partial charge in [-0.3, -0.25) is 4.79 Å². The quantitative estimate of drug-likeness (QED) is 0.594. The van der Waals surface area contributed by atoms with Gasteiger partial charge in [0, 0.05) is 38.4 Å². The lowest BCUT2D eigenvalue weighted by Crippen LogP contribution is -2.50. The lowest BCUT2D eigenvalue weighted by Gasteiger charge is -2.37. The summed E-state index contributed by atoms with van der Waals surface area (Å²) in [6, 6.07) is 6.56. The van der Waals surface area contributed by atoms with Crippen molar-refractivity contribution in [1.29, 1.82) is 0 Å². The molecule has 0 aliphatic carbocycles. The minimum Gasteiger partial charge on any atom is -0.472 e. The highest BCUT2D eigenvalue weighted by Crippen LogP contribution is 2.27. The average molecular weight is 499 g/mol. The van der Waals surface area contributed by atoms with Gasteiger partial charge in [0.15, 0.2) is 0 Å². The number of carbonyl (C=O) groups is 2. The van der Waals surface area contributed by atoms with Crippen molar-refractivity contribution in [3.05, 3.63) is 53.5 Å². The van der Waals surface area contributed by atoms with E-state index in [2.05, 4.69) is 22.1 Å². The molecule has 1 aromatic heterocycles. The number of rotatable bonds is 6. The Labute approximate surface area is 210 Å². The number of urea groups is 1. The van der Waals surface area contributed by atoms with Gasteiger partial charge < -0.3 is 29.7 Å². The first-order valence-corrected chi connectivity index (χ1v) is 11.6. The number of hydrogen-bond acceptors (Lipinski definition) is 6. The first-order chi connectivity index (χ1) is 17.2. The van der Waals surface area contributed by atoms with Crippen LogP contribution in [0, 0.1) is 23.6 Å². The van der Waals surface area contributed by atoms with Crippen LogP contribution in [0.4, 0.5) is 14.9 Å². The number of methoxy groups -OCH3 is 1. The zero-order valence-corrected chi connectivity index (χ0v) is 20.8. The summed E-state index contributed by atoms with van der Waals surface area (Å²) in [5, 5.41) is 12.3. The van der Waals surface area contributed by atoms with Crippen LogP contribution in [0.15, 0.2) is 36.5 Å². The molecule has 1 aliphatic rings. The van der Waals surface area contributed by atoms with Gasteiger partial charge >= 0.3 is 6.03 Å². The van der Waals surface area contributed by atoms with E-state index in [0.29, 0.717) is 5.56 Å². The molecule has 36 heavy (non-hydrogen) atoms. The predicted octanol–water partition coefficient (Wildman–Crippen LogP) is 2.60. The zero-order valence-electron chi connectivity index (χ0n) is 20.8. The molecule has 0 unspecified atom stereocenters. The summed E-state index contributed by atoms with van der Waals surface area (Å²) in [5.74, 6) is 4.76. The van der Waals surface area contributed by atoms with Crippen molar-refractivity contribution in [2.45, 2.75) is 26.0 Å². The van der Waals surface area contributed by atoms with Gasteiger partial charge in [-0.15, -0.1) is 0 Å². The van der Waals surface area contributed by atoms with Gasteiger partial charge in [0.2, 0.25) is 5.88 Å². The third-order valence-electron chi connectivity index (χ3n) is 5.89. The highest BCUT2D eigenvalue weighted by Gasteiger charge is 2.34. The van der Waals surface area contributed by atoms with Crippen LogP contribution in [0.1, 0.15) is 29.8 Å². The van der Waals surface area contributed by atoms with E-state index in [1.807, 2.05) is 6.92 Å². The van der Waals surface area contributed by atoms with E-state index in [0.717, 1.165) is 0 Å². The number of likely N-dealkylation sites (N-methyl/N-ethyl adjacent to an activating group) is 1. The summed E-state index contributed by atoms with van der Waals surface area (Å²) >= 11 is 0. The molecular formula is C26H31FN4O5. The molecule has 0 spiro atoms. The first-order valence-electron chi connectivity index (χ1n) is 11.6. The molecule has 3 rings (SSSR count). The smallest absolute Gasteiger partial charge is 0.321 e. The topological polar surface area (TPSA) is 104 Å². The van der Waals surface area contributed by atoms with E-state index in [-0.39, 0.29) is 55.3 Å². The molecule has 1 aromatic carbocycles. The molecule has 3 atom stereocenters. The molecule has 3 amide bonds. The Morgan fingerprint density at radius 1 is 1.44 bits per heavy atom. The number of benzene rings is 1. The summed E-state index contributed by atoms with van der Waals surface area (Å²) in [6.07, 6.45) is 0.964. The average Bonchev–Trinajstić information content (AvgIpc) is 2.87. The lowest BCUT2D eigenvalue weighted by atomic mass is 10.00. The van der Waals surface area contributed by atoms with Crippen molar-refractivity contribution >= 4 is 17.6 Å². The highest BCUT2D eigenvalue weighted by molar-refractivity contribution is 5.97. The van der Waals surface area contributed by atoms with Crippen LogP contribution in [0.5, 0.6) is 5.88 Å². The van der Waals surface area contributed by atoms with E-state index in [4.69, 9.17) is 9.47 Å². The van der Waals surface area contributed by atoms with Gasteiger partial charge in [-0.2, -0.15) is 0 Å². The van der Waals surface area contributed by atoms with E-state index < -0.39 is 24.0 Å². The van der Waals surface area contributed by atoms with Crippen LogP contribution in [0.2, 0.25) is 0 Å². The Morgan fingerprint density at radius 2 is 2.19 bits per heavy atom. The Bertz CT molecular complexity index is 1150. The Balaban J connectivity index is 1.88. The summed E-state index contributed by atoms with van der Waals surface area (Å²) in [6.45, 7) is 4.10. The summed E-state index contributed by atoms with van der Waals surface area (Å²) in [4.78, 5) is 33.4. The number of anilines is 1. The fourth-order valence-electron chi connectivity index (χ4n) is 3.72. The predicted molar refractivity (Wildman–Crippen MR) is 132 cm³/mol. The Hall–Kier alpha value is -3.68. The lowest BCUT2D eigenvalue weighted by molar-refractivity contribution is 0.0356. The van der Waals surface area contributed by atoms with Gasteiger partial charge in [-0.1, -0.05) is 30.9 Å². The Kier molecular flexibility index (Phi) is 9.22. The first kappa shape index (κ1) is 26.9. The molecule has 192 valence electrons. The van der Waals surface area contributed by atoms with Crippen molar-refractivity contribution in [3.8, 4) is 17.7 Å². The van der Waals surface area contributed by atoms with E-state index in [1.54, 1.807) is 31.0 Å². The number of halogens is 1. The Morgan fingerprint density at radius 3 is 2.89 bits per heavy atom. The fraction of sp³-hybridized carbons (Fsp3) is 0.423. The van der Waals surface area contributed by atoms with E-state index in [1.165, 1.54) is 36.4 Å². The normalized spacial score (nSPS) is 18.1. The molecule has 0 radical (unpaired) electrons. The number of hydrogen-bond donors (Lipinski definition) is 2. The van der Waals surface area contributed by atoms with Gasteiger partial charge in [-0.05, 0) is 25.1 Å². The number of para-hydroxylation sites is 1. The number of pyridine rings is 1. The van der Waals surface area contributed by atoms with Gasteiger partial charge in [0.05, 0.1) is 24.9 Å². The van der Waals surface area contributed by atoms with Crippen LogP contribution >= 0.6 is 0 Å². The van der Waals surface area contributed by atoms with E-state index >= 15 is 0 Å². The third-order valence-corrected chi connectivity index (χ3v) is 5.89. The van der Waals surface area contributed by atoms with Crippen molar-refractivity contribution in [2.75, 3.05) is 45.8 Å². The van der Waals surface area contributed by atoms with Gasteiger partial charge in [0.1, 0.15) is 24.1 Å². The van der Waals surface area contributed by atoms with Crippen molar-refractivity contribution in [3.63, 3.8) is 0 Å². The summed E-state index contributed by atoms with van der Waals surface area (Å²) in [5.41, 5.74) is 0.810. The number of aromatic nitrogens is 1. The minimum absolute atomic E-state index is 0.0728. The second-order valence-electron chi connectivity index (χ2n) is 8.72. The number of nitrogens with zero attached hydrogens (tertiary/aromatic N) is 3. The zero-order chi connectivity index (χ0) is 26.2. The van der Waals surface area contributed by atoms with Crippen molar-refractivity contribution in [2.24, 2.45) is 5.92 Å². The fourth-order valence-corrected chi connectivity index (χ4v) is 3.72. The number of nitrogens with one attached hydrogen (secondary N) is 1. The SMILES string of the molecule is COCC#Cc1cnc2c(c1)C(=O)N([C@H](C)CO)C[C@H](C)[C@@H](CN(C)C(=O)Nc1ccccc1F)O2. The van der Waals surface area contributed by atoms with Crippen molar-refractivity contribution < 1.29 is 28.6 Å². The molecule has 0 fully saturated rings. The maximum atomic E-state index is 14.0. The number of aliphatic hydroxyl groups is 1. The minimum atomic E-state index is -0.542. The maximum Gasteiger partial charge on any atom is 0.321 e. The molecule has 2 N–H and O–H groups in total. The van der Waals surface area contributed by atoms with Crippen LogP contribution in [0.25, 0.3) is 0 Å². The monoisotopic (exact) mass is 498 g/mol. The number of aliphatic hydroxyl groups excluding tert-OH is 1. The van der Waals surface area contributed by atoms with E-state index in [9.17, 15) is 19.1 Å². The standard InChI is InChI=1S/C26H31FN4O5/c1-17-14-31(18(2)16-32)25(33)20-12-19(8-7-11-35-4)13-28-24(20)36-23(17)15-30(3)26(34)29-22-10-6-5-9-21(22)27/h5-6,9-10,12-13,17-18,23,32H,11,14-16H2,1-4H3,(H,29,34)/t17-,18+,23+/m0/s1. The number of carbonyl (C=O) groups excluding carboxylic acids is 2. The van der Waals surface area contributed by atoms with Crippen LogP contribution in [-0.2, 0) is 4.74 Å². The third kappa shape index (κ3) is 6.50. The van der Waals surface area contributed by atoms with Crippen LogP contribution in [0.3, 0.4) is 0 Å². The highest BCUT2D eigenvalue weighted by atomic mass is 19.1. The number of fused-ring (bicyclic) bond motifs is 1. The molecule has 0 bridgehead atoms. The molecule has 2 heterocycles. The molecule has 1 aliphatic heterocycles. The molecule has 0 saturated heterocycles. The van der Waals surface area contributed by atoms with Crippen molar-refractivity contribution in [1.82, 2.24) is 14.8 Å². The summed E-state index contributed by atoms with van der Waals surface area (Å²) in [7, 11) is 3.11. The van der Waals surface area contributed by atoms with Crippen LogP contribution < -0.4 is 10.1 Å². The summed E-state index contributed by atoms with van der Waals surface area (Å²) < 4.78 is 25.1. The maximum absolute atomic E-state index is 14.0. The molecule has 0 saturated carbocycles. The van der Waals surface area contributed by atoms with Crippen LogP contribution in [-0.4, -0.2) is 84.4 Å². The second-order valence-corrected chi connectivity index (χ2v) is 8.72. The number of amides is 3. The molecule has 9 nitrogen and oxygen atoms in total. The number of ether oxygens (including phenoxy) is 2. The van der Waals surface area contributed by atoms with Gasteiger partial charge in [-0.25, -0.2) is 14.2 Å². The largest absolute Gasteiger partial charge is 0.472 e. The molecule has 2 aromatic rings.